The van der Waals surface area contributed by atoms with Crippen molar-refractivity contribution in [3.8, 4) is 5.75 Å². The Morgan fingerprint density at radius 2 is 1.52 bits per heavy atom. The Kier molecular flexibility index (Phi) is 24.0. The lowest BCUT2D eigenvalue weighted by atomic mass is 9.44. The van der Waals surface area contributed by atoms with Gasteiger partial charge in [0.2, 0.25) is 0 Å². The van der Waals surface area contributed by atoms with Crippen LogP contribution in [0.5, 0.6) is 5.75 Å². The molecule has 1 heterocycles. The lowest BCUT2D eigenvalue weighted by Gasteiger charge is -2.67. The van der Waals surface area contributed by atoms with Crippen molar-refractivity contribution in [2.24, 2.45) is 45.3 Å². The first-order valence-electron chi connectivity index (χ1n) is 36.1. The van der Waals surface area contributed by atoms with Crippen molar-refractivity contribution in [1.82, 2.24) is 15.5 Å². The summed E-state index contributed by atoms with van der Waals surface area (Å²) in [6.07, 6.45) is -7.04. The number of nitrogen functional groups attached to an aromatic ring is 1. The van der Waals surface area contributed by atoms with Crippen molar-refractivity contribution in [1.29, 1.82) is 0 Å². The fourth-order valence-corrected chi connectivity index (χ4v) is 18.9. The molecule has 11 N–H and O–H groups in total. The number of ether oxygens (including phenoxy) is 6. The number of benzene rings is 3. The van der Waals surface area contributed by atoms with Crippen LogP contribution in [0.15, 0.2) is 108 Å². The molecular formula is C79H104ClFN4O21. The number of esters is 3. The van der Waals surface area contributed by atoms with Gasteiger partial charge in [-0.25, -0.2) is 18.8 Å². The van der Waals surface area contributed by atoms with E-state index in [1.165, 1.54) is 51.3 Å². The molecule has 11 rings (SSSR count). The number of amides is 2. The molecule has 580 valence electrons. The summed E-state index contributed by atoms with van der Waals surface area (Å²) < 4.78 is 51.5. The van der Waals surface area contributed by atoms with Gasteiger partial charge in [-0.15, -0.1) is 0 Å². The zero-order valence-electron chi connectivity index (χ0n) is 62.7. The normalized spacial score (nSPS) is 34.3. The van der Waals surface area contributed by atoms with Crippen LogP contribution >= 0.6 is 11.6 Å². The number of alkyl halides is 1. The number of allylic oxidation sites excluding steroid dienone is 4. The summed E-state index contributed by atoms with van der Waals surface area (Å²) in [6.45, 7) is 23.8. The average Bonchev–Trinajstić information content (AvgIpc) is 0.875. The molecule has 2 bridgehead atoms. The van der Waals surface area contributed by atoms with Crippen LogP contribution in [0.4, 0.5) is 14.9 Å². The van der Waals surface area contributed by atoms with Gasteiger partial charge >= 0.3 is 24.0 Å². The molecule has 1 aliphatic heterocycles. The van der Waals surface area contributed by atoms with E-state index in [0.717, 1.165) is 26.6 Å². The van der Waals surface area contributed by atoms with E-state index in [1.807, 2.05) is 0 Å². The fraction of sp³-hybridized carbons (Fsp3) is 0.595. The number of Topliss-reactive ketones (excluding diaryl/α,β-unsaturated/α-hetero) is 2. The van der Waals surface area contributed by atoms with E-state index in [2.05, 4.69) is 29.4 Å². The summed E-state index contributed by atoms with van der Waals surface area (Å²) in [7, 11) is 1.50. The first-order chi connectivity index (χ1) is 49.5. The Morgan fingerprint density at radius 1 is 0.887 bits per heavy atom. The zero-order chi connectivity index (χ0) is 78.6. The number of anilines is 1. The largest absolute Gasteiger partial charge is 0.496 e. The number of hydrogen-bond acceptors (Lipinski definition) is 23. The number of halogens is 2. The van der Waals surface area contributed by atoms with Crippen molar-refractivity contribution < 1.29 is 107 Å². The van der Waals surface area contributed by atoms with Crippen molar-refractivity contribution in [3.05, 3.63) is 129 Å². The highest BCUT2D eigenvalue weighted by Gasteiger charge is 2.79. The molecule has 3 aromatic rings. The molecule has 5 saturated carbocycles. The predicted molar refractivity (Wildman–Crippen MR) is 386 cm³/mol. The highest BCUT2D eigenvalue weighted by Crippen LogP contribution is 2.71. The zero-order valence-corrected chi connectivity index (χ0v) is 63.5. The Labute approximate surface area is 622 Å². The van der Waals surface area contributed by atoms with Gasteiger partial charge in [0.05, 0.1) is 65.1 Å². The summed E-state index contributed by atoms with van der Waals surface area (Å²) in [6, 6.07) is 17.7. The quantitative estimate of drug-likeness (QED) is 0.0277. The number of carbonyl (C=O) groups excluding carboxylic acids is 8. The van der Waals surface area contributed by atoms with Crippen molar-refractivity contribution in [3.63, 3.8) is 0 Å². The SMILES string of the molecule is CC(=O)O[C@@]12CO[C@@H]1C[C@H](O)[C@@]1(C)C(=O)[C@H](O)C3=C(C)[C@@H](OC(=O)[C@H](O)[C@@H](NC(=O)OC(C)(C)C)c4ccccc4)C[C@@](O)([C@@H](OC(=O)c4ccccc4)[C@H]21)C3(C)C.CCN(CC)CCNC(=O)c1cc(Cl)c(N)cc1OC.C[C@@H]1C[C@H]2[C@@H]3CCC4=CC(=O)C=C[C@]4(C)[C@@]3(F)[C@@H](O)C[C@]2(C)[C@@]1(O)C(=O)CO. The van der Waals surface area contributed by atoms with Gasteiger partial charge in [-0.1, -0.05) is 113 Å². The number of aliphatic hydroxyl groups excluding tert-OH is 5. The van der Waals surface area contributed by atoms with E-state index in [-0.39, 0.29) is 53.8 Å². The smallest absolute Gasteiger partial charge is 0.408 e. The number of nitrogens with one attached hydrogen (secondary N) is 2. The summed E-state index contributed by atoms with van der Waals surface area (Å²) in [5, 5.41) is 86.7. The number of nitrogens with two attached hydrogens (primary N) is 1. The van der Waals surface area contributed by atoms with E-state index in [1.54, 1.807) is 116 Å². The molecule has 7 aliphatic carbocycles. The number of ketones is 3. The van der Waals surface area contributed by atoms with Crippen LogP contribution in [0.25, 0.3) is 0 Å². The molecule has 0 radical (unpaired) electrons. The Balaban J connectivity index is 0.000000221. The van der Waals surface area contributed by atoms with Crippen LogP contribution < -0.4 is 21.1 Å². The second-order valence-corrected chi connectivity index (χ2v) is 32.1. The van der Waals surface area contributed by atoms with E-state index < -0.39 is 165 Å². The number of likely N-dealkylation sites (N-methyl/N-ethyl adjacent to an activating group) is 1. The second kappa shape index (κ2) is 30.9. The second-order valence-electron chi connectivity index (χ2n) is 31.7. The number of hydrogen-bond donors (Lipinski definition) is 10. The number of methoxy groups -OCH3 is 1. The maximum Gasteiger partial charge on any atom is 0.408 e. The lowest BCUT2D eigenvalue weighted by molar-refractivity contribution is -0.346. The van der Waals surface area contributed by atoms with Crippen molar-refractivity contribution >= 4 is 64.5 Å². The van der Waals surface area contributed by atoms with Crippen LogP contribution in [-0.2, 0) is 47.7 Å². The van der Waals surface area contributed by atoms with Gasteiger partial charge in [0.15, 0.2) is 34.7 Å². The molecule has 0 aromatic heterocycles. The minimum absolute atomic E-state index is 0.0637. The lowest BCUT2D eigenvalue weighted by Crippen LogP contribution is -2.81. The van der Waals surface area contributed by atoms with Gasteiger partial charge in [-0.2, -0.15) is 0 Å². The summed E-state index contributed by atoms with van der Waals surface area (Å²) in [5.41, 5.74) is -6.83. The Morgan fingerprint density at radius 3 is 2.09 bits per heavy atom. The highest BCUT2D eigenvalue weighted by molar-refractivity contribution is 6.33. The van der Waals surface area contributed by atoms with Gasteiger partial charge in [-0.05, 0) is 139 Å². The molecule has 2 amide bonds. The number of nitrogens with zero attached hydrogens (tertiary/aromatic N) is 1. The topological polar surface area (TPSA) is 387 Å². The predicted octanol–water partition coefficient (Wildman–Crippen LogP) is 7.16. The molecule has 3 aromatic carbocycles. The first-order valence-corrected chi connectivity index (χ1v) is 36.5. The summed E-state index contributed by atoms with van der Waals surface area (Å²) in [4.78, 5) is 108. The third-order valence-electron chi connectivity index (χ3n) is 24.5. The Bertz CT molecular complexity index is 3960. The average molecular weight is 1500 g/mol. The third-order valence-corrected chi connectivity index (χ3v) is 24.9. The van der Waals surface area contributed by atoms with E-state index >= 15 is 4.39 Å². The van der Waals surface area contributed by atoms with Gasteiger partial charge in [0, 0.05) is 61.1 Å². The number of fused-ring (bicyclic) bond motifs is 10. The molecule has 8 aliphatic rings. The molecule has 0 unspecified atom stereocenters. The minimum atomic E-state index is -2.35. The Hall–Kier alpha value is -7.50. The van der Waals surface area contributed by atoms with Gasteiger partial charge in [0.1, 0.15) is 53.6 Å². The maximum absolute atomic E-state index is 16.9. The van der Waals surface area contributed by atoms with Gasteiger partial charge in [-0.3, -0.25) is 24.0 Å². The van der Waals surface area contributed by atoms with E-state index in [4.69, 9.17) is 45.8 Å². The van der Waals surface area contributed by atoms with Crippen LogP contribution in [-0.4, -0.2) is 205 Å². The molecule has 1 saturated heterocycles. The third kappa shape index (κ3) is 14.3. The van der Waals surface area contributed by atoms with Crippen LogP contribution in [0, 0.1) is 45.3 Å². The maximum atomic E-state index is 16.9. The monoisotopic (exact) mass is 1500 g/mol. The molecule has 25 nitrogen and oxygen atoms in total. The number of carbonyl (C=O) groups is 8. The van der Waals surface area contributed by atoms with E-state index in [9.17, 15) is 74.1 Å². The molecule has 19 atom stereocenters. The molecule has 106 heavy (non-hydrogen) atoms. The first kappa shape index (κ1) is 82.6. The fourth-order valence-electron chi connectivity index (χ4n) is 18.7. The standard InChI is InChI=1S/C43H53NO14.C22H29FO5.C14H22ClN3O2/c1-22-26(55-37(51)32(48)30(24-15-11-9-12-16-24)44-38(52)58-39(3,4)5)20-43(53)35(56-36(50)25-17-13-10-14-18-25)33-41(8,34(49)31(47)29(22)40(43,6)7)27(46)19-28-42(33,21-54-28)57-23(2)45;1-12-8-16-15-5-4-13-9-14(25)6-7-19(13,2)21(15,23)17(26)10-20(16,3)22(12,28)18(27)11-24;1-4-18(5-2)7-6-17-14(19)10-8-11(15)12(16)9-13(10)20-3/h9-18,26-28,30-33,35,46-48,53H,19-21H2,1-8H3,(H,44,52);6-7,9,12,15-17,24,26,28H,4-5,8,10-11H2,1-3H3;8-9H,4-7,16H2,1-3H3,(H,17,19)/t26-,27-,28+,30-,31+,32+,33-,35-,41+,42-,43+;12-,15+,16+,17+,19+,20+,21+,22+;/m01./s1. The van der Waals surface area contributed by atoms with E-state index in [0.29, 0.717) is 59.0 Å². The molecule has 27 heteroatoms. The summed E-state index contributed by atoms with van der Waals surface area (Å²) >= 11 is 5.95. The van der Waals surface area contributed by atoms with Gasteiger partial charge < -0.3 is 85.4 Å². The number of rotatable bonds is 17. The van der Waals surface area contributed by atoms with Crippen molar-refractivity contribution in [2.75, 3.05) is 52.2 Å². The molecular weight excluding hydrogens is 1400 g/mol. The van der Waals surface area contributed by atoms with Crippen LogP contribution in [0.3, 0.4) is 0 Å². The molecule has 6 fully saturated rings. The molecule has 0 spiro atoms. The number of aliphatic hydroxyl groups is 7. The highest BCUT2D eigenvalue weighted by atomic mass is 35.5. The number of alkyl carbamates (subject to hydrolysis) is 1. The van der Waals surface area contributed by atoms with Crippen LogP contribution in [0.2, 0.25) is 5.02 Å². The van der Waals surface area contributed by atoms with Crippen LogP contribution in [0.1, 0.15) is 161 Å². The van der Waals surface area contributed by atoms with Crippen molar-refractivity contribution in [2.45, 2.75) is 205 Å². The minimum Gasteiger partial charge on any atom is -0.496 e. The van der Waals surface area contributed by atoms with Gasteiger partial charge in [0.25, 0.3) is 5.91 Å². The summed E-state index contributed by atoms with van der Waals surface area (Å²) in [5.74, 6) is -7.27.